The Morgan fingerprint density at radius 2 is 1.90 bits per heavy atom. The van der Waals surface area contributed by atoms with Crippen molar-refractivity contribution in [3.8, 4) is 0 Å². The molecule has 13 nitrogen and oxygen atoms in total. The van der Waals surface area contributed by atoms with Crippen LogP contribution >= 0.6 is 0 Å². The van der Waals surface area contributed by atoms with Crippen molar-refractivity contribution in [2.45, 2.75) is 108 Å². The Morgan fingerprint density at radius 1 is 1.14 bits per heavy atom. The third-order valence-electron chi connectivity index (χ3n) is 10.3. The van der Waals surface area contributed by atoms with Gasteiger partial charge in [-0.05, 0) is 77.0 Å². The van der Waals surface area contributed by atoms with Gasteiger partial charge in [0.2, 0.25) is 21.8 Å². The highest BCUT2D eigenvalue weighted by molar-refractivity contribution is 7.90. The van der Waals surface area contributed by atoms with Gasteiger partial charge in [0.15, 0.2) is 5.78 Å². The predicted octanol–water partition coefficient (Wildman–Crippen LogP) is 3.11. The molecule has 3 aliphatic heterocycles. The number of halogens is 1. The van der Waals surface area contributed by atoms with Crippen LogP contribution in [0.25, 0.3) is 0 Å². The Balaban J connectivity index is 1.25. The van der Waals surface area contributed by atoms with Crippen LogP contribution in [-0.4, -0.2) is 90.5 Å². The second-order valence-electron chi connectivity index (χ2n) is 15.5. The van der Waals surface area contributed by atoms with E-state index < -0.39 is 79.8 Å². The summed E-state index contributed by atoms with van der Waals surface area (Å²) in [5.74, 6) is -3.98. The van der Waals surface area contributed by atoms with Crippen LogP contribution in [0, 0.1) is 23.1 Å². The number of allylic oxidation sites excluding steroid dienone is 2. The number of ether oxygens (including phenoxy) is 2. The second kappa shape index (κ2) is 14.3. The second-order valence-corrected chi connectivity index (χ2v) is 17.5. The lowest BCUT2D eigenvalue weighted by molar-refractivity contribution is -0.158. The van der Waals surface area contributed by atoms with Crippen LogP contribution in [0.5, 0.6) is 0 Å². The van der Waals surface area contributed by atoms with Crippen molar-refractivity contribution in [1.82, 2.24) is 19.8 Å². The Kier molecular flexibility index (Phi) is 10.3. The fourth-order valence-corrected chi connectivity index (χ4v) is 8.74. The van der Waals surface area contributed by atoms with Crippen LogP contribution in [0.2, 0.25) is 0 Å². The van der Waals surface area contributed by atoms with Gasteiger partial charge >= 0.3 is 12.1 Å². The van der Waals surface area contributed by atoms with Gasteiger partial charge < -0.3 is 19.7 Å². The van der Waals surface area contributed by atoms with Crippen LogP contribution in [0.4, 0.5) is 9.18 Å². The number of amides is 3. The fourth-order valence-electron chi connectivity index (χ4n) is 7.36. The summed E-state index contributed by atoms with van der Waals surface area (Å²) in [6.07, 6.45) is 4.06. The van der Waals surface area contributed by atoms with Gasteiger partial charge in [-0.25, -0.2) is 17.6 Å². The molecule has 3 fully saturated rings. The SMILES string of the molecule is CC(C)(C)OC(=O)C[C@H]1CNCCC/C=C\[C@@H]2C[C@@]2(C(=O)NS(=O)(=O)C2CC2)CC(=O)[C@@H]2CC(OC(=O)N3Cc4cccc(F)c4C3)CN2C1=O. The molecule has 2 aliphatic carbocycles. The van der Waals surface area contributed by atoms with Crippen molar-refractivity contribution < 1.29 is 46.3 Å². The van der Waals surface area contributed by atoms with E-state index in [4.69, 9.17) is 9.47 Å². The maximum atomic E-state index is 14.4. The molecule has 1 saturated heterocycles. The quantitative estimate of drug-likeness (QED) is 0.328. The van der Waals surface area contributed by atoms with Gasteiger partial charge in [0.25, 0.3) is 0 Å². The number of fused-ring (bicyclic) bond motifs is 3. The Hall–Kier alpha value is -3.85. The number of Topliss-reactive ketones (excluding diaryl/α,β-unsaturated/α-hetero) is 1. The van der Waals surface area contributed by atoms with Crippen molar-refractivity contribution in [1.29, 1.82) is 0 Å². The van der Waals surface area contributed by atoms with Crippen molar-refractivity contribution >= 4 is 39.7 Å². The smallest absolute Gasteiger partial charge is 0.410 e. The lowest BCUT2D eigenvalue weighted by atomic mass is 9.91. The van der Waals surface area contributed by atoms with Crippen LogP contribution in [0.3, 0.4) is 0 Å². The lowest BCUT2D eigenvalue weighted by Crippen LogP contribution is -2.48. The molecule has 278 valence electrons. The molecule has 51 heavy (non-hydrogen) atoms. The van der Waals surface area contributed by atoms with Gasteiger partial charge in [-0.3, -0.25) is 28.8 Å². The third kappa shape index (κ3) is 8.45. The molecule has 5 aliphatic rings. The number of carbonyl (C=O) groups excluding carboxylic acids is 5. The van der Waals surface area contributed by atoms with Crippen LogP contribution in [-0.2, 0) is 51.8 Å². The van der Waals surface area contributed by atoms with Gasteiger partial charge in [0, 0.05) is 31.5 Å². The first kappa shape index (κ1) is 36.9. The van der Waals surface area contributed by atoms with Crippen molar-refractivity contribution in [3.63, 3.8) is 0 Å². The first-order valence-corrected chi connectivity index (χ1v) is 19.3. The molecule has 2 saturated carbocycles. The number of benzene rings is 1. The summed E-state index contributed by atoms with van der Waals surface area (Å²) in [6, 6.07) is 3.52. The maximum Gasteiger partial charge on any atom is 0.410 e. The number of nitrogens with zero attached hydrogens (tertiary/aromatic N) is 2. The number of nitrogens with one attached hydrogen (secondary N) is 2. The molecule has 3 heterocycles. The summed E-state index contributed by atoms with van der Waals surface area (Å²) < 4.78 is 53.5. The number of hydrogen-bond acceptors (Lipinski definition) is 10. The van der Waals surface area contributed by atoms with E-state index in [1.807, 2.05) is 12.2 Å². The van der Waals surface area contributed by atoms with Crippen LogP contribution in [0.1, 0.15) is 83.3 Å². The van der Waals surface area contributed by atoms with E-state index in [1.165, 1.54) is 15.9 Å². The molecular formula is C36H47FN4O9S. The average Bonchev–Trinajstić information content (AvgIpc) is 3.93. The molecular weight excluding hydrogens is 683 g/mol. The molecule has 6 rings (SSSR count). The van der Waals surface area contributed by atoms with Crippen molar-refractivity contribution in [2.24, 2.45) is 17.3 Å². The van der Waals surface area contributed by atoms with E-state index in [2.05, 4.69) is 10.0 Å². The number of ketones is 1. The zero-order valence-corrected chi connectivity index (χ0v) is 30.1. The highest BCUT2D eigenvalue weighted by Gasteiger charge is 2.61. The predicted molar refractivity (Wildman–Crippen MR) is 181 cm³/mol. The molecule has 0 spiro atoms. The molecule has 3 amide bonds. The van der Waals surface area contributed by atoms with E-state index in [0.717, 1.165) is 0 Å². The van der Waals surface area contributed by atoms with E-state index in [-0.39, 0.29) is 57.8 Å². The van der Waals surface area contributed by atoms with Crippen molar-refractivity contribution in [3.05, 3.63) is 47.3 Å². The summed E-state index contributed by atoms with van der Waals surface area (Å²) in [5, 5.41) is 2.62. The first-order chi connectivity index (χ1) is 24.1. The molecule has 0 radical (unpaired) electrons. The minimum absolute atomic E-state index is 0.0124. The van der Waals surface area contributed by atoms with Crippen LogP contribution < -0.4 is 10.0 Å². The van der Waals surface area contributed by atoms with E-state index in [0.29, 0.717) is 43.4 Å². The third-order valence-corrected chi connectivity index (χ3v) is 12.1. The number of esters is 1. The maximum absolute atomic E-state index is 14.4. The monoisotopic (exact) mass is 730 g/mol. The summed E-state index contributed by atoms with van der Waals surface area (Å²) in [7, 11) is -3.88. The zero-order chi connectivity index (χ0) is 36.7. The molecule has 5 atom stereocenters. The number of rotatable bonds is 6. The molecule has 1 aromatic rings. The standard InChI is InChI=1S/C36H47FN4O9S/c1-35(2,3)50-31(43)14-23-18-38-13-6-4-5-9-24-16-36(24,33(45)39-51(47,48)26-11-12-26)17-30(42)29-15-25(20-41(29)32(23)44)49-34(46)40-19-22-8-7-10-28(37)27(22)21-40/h5,7-10,23-26,29,38H,4,6,11-21H2,1-3H3,(H,39,45)/b9-5-/t23-,24+,25?,29-,36+/m0/s1. The first-order valence-electron chi connectivity index (χ1n) is 17.8. The van der Waals surface area contributed by atoms with Gasteiger partial charge in [0.05, 0.1) is 42.1 Å². The van der Waals surface area contributed by atoms with Crippen molar-refractivity contribution in [2.75, 3.05) is 19.6 Å². The van der Waals surface area contributed by atoms with Gasteiger partial charge in [0.1, 0.15) is 17.5 Å². The Bertz CT molecular complexity index is 1720. The highest BCUT2D eigenvalue weighted by Crippen LogP contribution is 2.57. The minimum atomic E-state index is -3.88. The normalized spacial score (nSPS) is 29.2. The Morgan fingerprint density at radius 3 is 2.61 bits per heavy atom. The number of carbonyl (C=O) groups is 5. The molecule has 0 bridgehead atoms. The molecule has 1 aromatic carbocycles. The van der Waals surface area contributed by atoms with E-state index in [1.54, 1.807) is 32.9 Å². The largest absolute Gasteiger partial charge is 0.460 e. The Labute approximate surface area is 297 Å². The molecule has 0 aromatic heterocycles. The number of sulfonamides is 1. The highest BCUT2D eigenvalue weighted by atomic mass is 32.2. The summed E-state index contributed by atoms with van der Waals surface area (Å²) in [4.78, 5) is 71.2. The van der Waals surface area contributed by atoms with Gasteiger partial charge in [-0.15, -0.1) is 0 Å². The van der Waals surface area contributed by atoms with Gasteiger partial charge in [-0.2, -0.15) is 0 Å². The fraction of sp³-hybridized carbons (Fsp3) is 0.639. The summed E-state index contributed by atoms with van der Waals surface area (Å²) in [5.41, 5.74) is -1.03. The molecule has 2 N–H and O–H groups in total. The summed E-state index contributed by atoms with van der Waals surface area (Å²) in [6.45, 7) is 5.85. The minimum Gasteiger partial charge on any atom is -0.460 e. The van der Waals surface area contributed by atoms with Gasteiger partial charge in [-0.1, -0.05) is 24.3 Å². The van der Waals surface area contributed by atoms with E-state index >= 15 is 0 Å². The zero-order valence-electron chi connectivity index (χ0n) is 29.3. The van der Waals surface area contributed by atoms with E-state index in [9.17, 15) is 36.8 Å². The summed E-state index contributed by atoms with van der Waals surface area (Å²) >= 11 is 0. The molecule has 1 unspecified atom stereocenters. The average molecular weight is 731 g/mol. The lowest BCUT2D eigenvalue weighted by Gasteiger charge is -2.29. The van der Waals surface area contributed by atoms with Crippen LogP contribution in [0.15, 0.2) is 30.4 Å². The molecule has 15 heteroatoms. The topological polar surface area (TPSA) is 168 Å². The number of hydrogen-bond donors (Lipinski definition) is 2.